The monoisotopic (exact) mass is 436 g/mol. The standard InChI is InChI=1S/C28H40N2O2/c1-8-25(27(32)29-28(5,6)7)30(19-24-12-10-9-11-21(24)4)26(31)18-15-22-13-16-23(17-14-22)20(2)3/h9-14,16-17,20,25H,8,15,18-19H2,1-7H3,(H,29,32). The maximum absolute atomic E-state index is 13.4. The minimum absolute atomic E-state index is 0.0112. The van der Waals surface area contributed by atoms with E-state index in [1.165, 1.54) is 5.56 Å². The molecule has 0 aliphatic heterocycles. The van der Waals surface area contributed by atoms with Crippen LogP contribution < -0.4 is 5.32 Å². The second-order valence-corrected chi connectivity index (χ2v) is 10.0. The molecule has 0 fully saturated rings. The van der Waals surface area contributed by atoms with Crippen LogP contribution in [0.2, 0.25) is 0 Å². The summed E-state index contributed by atoms with van der Waals surface area (Å²) in [5.41, 5.74) is 4.29. The van der Waals surface area contributed by atoms with Gasteiger partial charge in [-0.2, -0.15) is 0 Å². The van der Waals surface area contributed by atoms with E-state index in [9.17, 15) is 9.59 Å². The van der Waals surface area contributed by atoms with Gasteiger partial charge in [-0.15, -0.1) is 0 Å². The van der Waals surface area contributed by atoms with E-state index in [4.69, 9.17) is 0 Å². The molecular formula is C28H40N2O2. The number of nitrogens with zero attached hydrogens (tertiary/aromatic N) is 1. The molecule has 2 aromatic carbocycles. The van der Waals surface area contributed by atoms with Crippen molar-refractivity contribution in [3.8, 4) is 0 Å². The lowest BCUT2D eigenvalue weighted by Crippen LogP contribution is -2.53. The minimum atomic E-state index is -0.496. The first-order chi connectivity index (χ1) is 15.0. The van der Waals surface area contributed by atoms with E-state index in [1.54, 1.807) is 4.90 Å². The van der Waals surface area contributed by atoms with Gasteiger partial charge in [-0.1, -0.05) is 69.3 Å². The van der Waals surface area contributed by atoms with E-state index in [0.29, 0.717) is 31.7 Å². The molecule has 0 saturated heterocycles. The zero-order valence-corrected chi connectivity index (χ0v) is 20.9. The van der Waals surface area contributed by atoms with Crippen molar-refractivity contribution in [2.75, 3.05) is 0 Å². The average Bonchev–Trinajstić information content (AvgIpc) is 2.72. The molecule has 2 rings (SSSR count). The largest absolute Gasteiger partial charge is 0.350 e. The fraction of sp³-hybridized carbons (Fsp3) is 0.500. The first kappa shape index (κ1) is 25.6. The number of aryl methyl sites for hydroxylation is 2. The quantitative estimate of drug-likeness (QED) is 0.542. The Morgan fingerprint density at radius 3 is 2.16 bits per heavy atom. The van der Waals surface area contributed by atoms with Crippen LogP contribution in [0.3, 0.4) is 0 Å². The third kappa shape index (κ3) is 7.51. The molecule has 1 N–H and O–H groups in total. The number of carbonyl (C=O) groups excluding carboxylic acids is 2. The van der Waals surface area contributed by atoms with Crippen LogP contribution in [0.15, 0.2) is 48.5 Å². The van der Waals surface area contributed by atoms with Crippen molar-refractivity contribution < 1.29 is 9.59 Å². The van der Waals surface area contributed by atoms with Crippen molar-refractivity contribution in [1.82, 2.24) is 10.2 Å². The molecule has 0 aliphatic carbocycles. The second-order valence-electron chi connectivity index (χ2n) is 10.0. The van der Waals surface area contributed by atoms with Crippen LogP contribution in [0.25, 0.3) is 0 Å². The fourth-order valence-electron chi connectivity index (χ4n) is 3.81. The third-order valence-electron chi connectivity index (χ3n) is 5.76. The van der Waals surface area contributed by atoms with Gasteiger partial charge in [0, 0.05) is 18.5 Å². The first-order valence-corrected chi connectivity index (χ1v) is 11.8. The van der Waals surface area contributed by atoms with E-state index in [1.807, 2.05) is 58.9 Å². The highest BCUT2D eigenvalue weighted by molar-refractivity contribution is 5.88. The summed E-state index contributed by atoms with van der Waals surface area (Å²) in [6.45, 7) is 14.7. The molecule has 2 aromatic rings. The Bertz CT molecular complexity index is 894. The summed E-state index contributed by atoms with van der Waals surface area (Å²) in [6.07, 6.45) is 1.62. The molecule has 174 valence electrons. The molecular weight excluding hydrogens is 396 g/mol. The molecule has 4 heteroatoms. The molecule has 0 bridgehead atoms. The van der Waals surface area contributed by atoms with Crippen LogP contribution in [0, 0.1) is 6.92 Å². The molecule has 2 amide bonds. The summed E-state index contributed by atoms with van der Waals surface area (Å²) in [5, 5.41) is 3.06. The van der Waals surface area contributed by atoms with Crippen molar-refractivity contribution in [3.63, 3.8) is 0 Å². The van der Waals surface area contributed by atoms with E-state index in [2.05, 4.69) is 43.4 Å². The highest BCUT2D eigenvalue weighted by atomic mass is 16.2. The molecule has 1 atom stereocenters. The maximum Gasteiger partial charge on any atom is 0.243 e. The summed E-state index contributed by atoms with van der Waals surface area (Å²) >= 11 is 0. The van der Waals surface area contributed by atoms with Crippen LogP contribution in [-0.4, -0.2) is 28.3 Å². The summed E-state index contributed by atoms with van der Waals surface area (Å²) in [4.78, 5) is 28.3. The SMILES string of the molecule is CCC(C(=O)NC(C)(C)C)N(Cc1ccccc1C)C(=O)CCc1ccc(C(C)C)cc1. The van der Waals surface area contributed by atoms with Gasteiger partial charge in [-0.05, 0) is 68.7 Å². The number of hydrogen-bond acceptors (Lipinski definition) is 2. The molecule has 0 aromatic heterocycles. The van der Waals surface area contributed by atoms with Crippen molar-refractivity contribution in [3.05, 3.63) is 70.8 Å². The van der Waals surface area contributed by atoms with Crippen LogP contribution >= 0.6 is 0 Å². The van der Waals surface area contributed by atoms with Gasteiger partial charge in [-0.25, -0.2) is 0 Å². The van der Waals surface area contributed by atoms with Gasteiger partial charge in [0.1, 0.15) is 6.04 Å². The van der Waals surface area contributed by atoms with Gasteiger partial charge in [-0.3, -0.25) is 9.59 Å². The number of hydrogen-bond donors (Lipinski definition) is 1. The lowest BCUT2D eigenvalue weighted by atomic mass is 9.99. The Kier molecular flexibility index (Phi) is 9.06. The van der Waals surface area contributed by atoms with Gasteiger partial charge in [0.25, 0.3) is 0 Å². The zero-order chi connectivity index (χ0) is 23.9. The Hall–Kier alpha value is -2.62. The Morgan fingerprint density at radius 2 is 1.62 bits per heavy atom. The highest BCUT2D eigenvalue weighted by Crippen LogP contribution is 2.19. The van der Waals surface area contributed by atoms with Crippen molar-refractivity contribution >= 4 is 11.8 Å². The molecule has 0 saturated carbocycles. The van der Waals surface area contributed by atoms with Gasteiger partial charge in [0.2, 0.25) is 11.8 Å². The first-order valence-electron chi connectivity index (χ1n) is 11.8. The molecule has 4 nitrogen and oxygen atoms in total. The summed E-state index contributed by atoms with van der Waals surface area (Å²) in [7, 11) is 0. The molecule has 1 unspecified atom stereocenters. The van der Waals surface area contributed by atoms with Crippen LogP contribution in [0.4, 0.5) is 0 Å². The number of rotatable bonds is 9. The van der Waals surface area contributed by atoms with E-state index in [0.717, 1.165) is 16.7 Å². The van der Waals surface area contributed by atoms with Gasteiger partial charge < -0.3 is 10.2 Å². The molecule has 0 spiro atoms. The molecule has 0 radical (unpaired) electrons. The normalized spacial score (nSPS) is 12.5. The van der Waals surface area contributed by atoms with Gasteiger partial charge >= 0.3 is 0 Å². The van der Waals surface area contributed by atoms with E-state index in [-0.39, 0.29) is 17.4 Å². The fourth-order valence-corrected chi connectivity index (χ4v) is 3.81. The topological polar surface area (TPSA) is 49.4 Å². The van der Waals surface area contributed by atoms with Crippen molar-refractivity contribution in [2.45, 2.75) is 91.8 Å². The van der Waals surface area contributed by atoms with Gasteiger partial charge in [0.05, 0.1) is 0 Å². The summed E-state index contributed by atoms with van der Waals surface area (Å²) in [6, 6.07) is 16.1. The molecule has 32 heavy (non-hydrogen) atoms. The van der Waals surface area contributed by atoms with Crippen molar-refractivity contribution in [1.29, 1.82) is 0 Å². The second kappa shape index (κ2) is 11.3. The van der Waals surface area contributed by atoms with Gasteiger partial charge in [0.15, 0.2) is 0 Å². The number of carbonyl (C=O) groups is 2. The third-order valence-corrected chi connectivity index (χ3v) is 5.76. The Balaban J connectivity index is 2.22. The summed E-state index contributed by atoms with van der Waals surface area (Å²) < 4.78 is 0. The van der Waals surface area contributed by atoms with Crippen LogP contribution in [-0.2, 0) is 22.6 Å². The predicted molar refractivity (Wildman–Crippen MR) is 133 cm³/mol. The number of amides is 2. The smallest absolute Gasteiger partial charge is 0.243 e. The molecule has 0 heterocycles. The number of benzene rings is 2. The lowest BCUT2D eigenvalue weighted by molar-refractivity contribution is -0.142. The van der Waals surface area contributed by atoms with Crippen LogP contribution in [0.1, 0.15) is 82.6 Å². The Labute approximate surface area is 194 Å². The number of nitrogens with one attached hydrogen (secondary N) is 1. The minimum Gasteiger partial charge on any atom is -0.350 e. The highest BCUT2D eigenvalue weighted by Gasteiger charge is 2.30. The van der Waals surface area contributed by atoms with E-state index >= 15 is 0 Å². The lowest BCUT2D eigenvalue weighted by Gasteiger charge is -2.33. The van der Waals surface area contributed by atoms with Crippen LogP contribution in [0.5, 0.6) is 0 Å². The Morgan fingerprint density at radius 1 is 1.00 bits per heavy atom. The maximum atomic E-state index is 13.4. The molecule has 0 aliphatic rings. The summed E-state index contributed by atoms with van der Waals surface area (Å²) in [5.74, 6) is 0.405. The zero-order valence-electron chi connectivity index (χ0n) is 20.9. The van der Waals surface area contributed by atoms with E-state index < -0.39 is 6.04 Å². The average molecular weight is 437 g/mol. The predicted octanol–water partition coefficient (Wildman–Crippen LogP) is 5.77. The van der Waals surface area contributed by atoms with Crippen molar-refractivity contribution in [2.24, 2.45) is 0 Å².